The summed E-state index contributed by atoms with van der Waals surface area (Å²) in [5.41, 5.74) is 2.85. The number of carbonyl (C=O) groups is 1. The minimum absolute atomic E-state index is 0.140. The van der Waals surface area contributed by atoms with Crippen LogP contribution in [-0.4, -0.2) is 27.3 Å². The summed E-state index contributed by atoms with van der Waals surface area (Å²) in [4.78, 5) is 19.1. The maximum Gasteiger partial charge on any atom is 0.247 e. The molecule has 3 aromatic rings. The summed E-state index contributed by atoms with van der Waals surface area (Å²) in [7, 11) is 0. The summed E-state index contributed by atoms with van der Waals surface area (Å²) in [6.45, 7) is 1.79. The zero-order valence-electron chi connectivity index (χ0n) is 16.2. The third kappa shape index (κ3) is 3.58. The number of aromatic nitrogens is 3. The van der Waals surface area contributed by atoms with Crippen molar-refractivity contribution in [3.63, 3.8) is 0 Å². The van der Waals surface area contributed by atoms with Gasteiger partial charge in [0, 0.05) is 22.6 Å². The number of nitriles is 1. The van der Waals surface area contributed by atoms with Gasteiger partial charge in [-0.25, -0.2) is 0 Å². The van der Waals surface area contributed by atoms with Crippen molar-refractivity contribution in [3.8, 4) is 23.2 Å². The summed E-state index contributed by atoms with van der Waals surface area (Å²) >= 11 is 7.59. The standard InChI is InChI=1S/C21H16ClN5O2S/c1-3-17(28)27-16-9-8-14(22)10-15(16)18-19(24-21(30-2)26-25-18)29-20(27)13-6-4-12(11-23)5-7-13/h4-10,20H,3H2,1-2H3/t20-/m0/s1. The minimum atomic E-state index is -0.794. The number of anilines is 1. The Morgan fingerprint density at radius 1 is 1.27 bits per heavy atom. The van der Waals surface area contributed by atoms with E-state index in [0.29, 0.717) is 38.3 Å². The number of nitrogens with zero attached hydrogens (tertiary/aromatic N) is 5. The van der Waals surface area contributed by atoms with Crippen LogP contribution in [0.4, 0.5) is 5.69 Å². The molecule has 0 saturated heterocycles. The van der Waals surface area contributed by atoms with Crippen LogP contribution in [0, 0.1) is 11.3 Å². The fraction of sp³-hybridized carbons (Fsp3) is 0.190. The van der Waals surface area contributed by atoms with Crippen molar-refractivity contribution in [2.24, 2.45) is 0 Å². The van der Waals surface area contributed by atoms with Gasteiger partial charge in [-0.1, -0.05) is 42.4 Å². The maximum atomic E-state index is 13.0. The number of benzene rings is 2. The highest BCUT2D eigenvalue weighted by Gasteiger charge is 2.35. The Bertz CT molecular complexity index is 1160. The van der Waals surface area contributed by atoms with E-state index in [4.69, 9.17) is 21.6 Å². The van der Waals surface area contributed by atoms with Gasteiger partial charge < -0.3 is 4.74 Å². The van der Waals surface area contributed by atoms with E-state index in [1.807, 2.05) is 6.26 Å². The highest BCUT2D eigenvalue weighted by Crippen LogP contribution is 2.44. The summed E-state index contributed by atoms with van der Waals surface area (Å²) < 4.78 is 6.27. The Morgan fingerprint density at radius 3 is 2.70 bits per heavy atom. The molecule has 0 saturated carbocycles. The molecule has 4 rings (SSSR count). The molecule has 1 atom stereocenters. The lowest BCUT2D eigenvalue weighted by Crippen LogP contribution is -2.37. The first-order chi connectivity index (χ1) is 14.5. The molecule has 0 spiro atoms. The number of halogens is 1. The lowest BCUT2D eigenvalue weighted by atomic mass is 10.1. The van der Waals surface area contributed by atoms with E-state index < -0.39 is 6.23 Å². The van der Waals surface area contributed by atoms with Gasteiger partial charge in [0.15, 0.2) is 5.69 Å². The van der Waals surface area contributed by atoms with Gasteiger partial charge in [-0.3, -0.25) is 9.69 Å². The zero-order valence-corrected chi connectivity index (χ0v) is 17.7. The number of carbonyl (C=O) groups excluding carboxylic acids is 1. The van der Waals surface area contributed by atoms with Crippen molar-refractivity contribution in [2.45, 2.75) is 24.7 Å². The number of hydrogen-bond donors (Lipinski definition) is 0. The number of ether oxygens (including phenoxy) is 1. The SMILES string of the molecule is CCC(=O)N1c2ccc(Cl)cc2-c2nnc(SC)nc2O[C@H]1c1ccc(C#N)cc1. The Balaban J connectivity index is 1.97. The fourth-order valence-corrected chi connectivity index (χ4v) is 3.67. The van der Waals surface area contributed by atoms with E-state index in [2.05, 4.69) is 21.3 Å². The predicted octanol–water partition coefficient (Wildman–Crippen LogP) is 4.62. The average molecular weight is 438 g/mol. The Labute approximate surface area is 182 Å². The number of rotatable bonds is 3. The molecule has 1 aliphatic heterocycles. The first kappa shape index (κ1) is 20.1. The molecule has 1 aromatic heterocycles. The molecule has 2 aromatic carbocycles. The molecule has 0 N–H and O–H groups in total. The molecule has 150 valence electrons. The molecule has 0 radical (unpaired) electrons. The van der Waals surface area contributed by atoms with Crippen LogP contribution in [0.15, 0.2) is 47.6 Å². The van der Waals surface area contributed by atoms with E-state index >= 15 is 0 Å². The van der Waals surface area contributed by atoms with E-state index in [0.717, 1.165) is 0 Å². The molecule has 0 fully saturated rings. The Kier molecular flexibility index (Phi) is 5.57. The minimum Gasteiger partial charge on any atom is -0.447 e. The monoisotopic (exact) mass is 437 g/mol. The zero-order chi connectivity index (χ0) is 21.3. The van der Waals surface area contributed by atoms with Crippen LogP contribution in [0.2, 0.25) is 5.02 Å². The normalized spacial score (nSPS) is 14.7. The quantitative estimate of drug-likeness (QED) is 0.552. The molecule has 2 heterocycles. The van der Waals surface area contributed by atoms with Crippen molar-refractivity contribution in [1.82, 2.24) is 15.2 Å². The molecule has 30 heavy (non-hydrogen) atoms. The second kappa shape index (κ2) is 8.30. The Morgan fingerprint density at radius 2 is 2.03 bits per heavy atom. The molecular formula is C21H16ClN5O2S. The van der Waals surface area contributed by atoms with Crippen molar-refractivity contribution < 1.29 is 9.53 Å². The number of amides is 1. The van der Waals surface area contributed by atoms with Gasteiger partial charge in [-0.2, -0.15) is 10.2 Å². The van der Waals surface area contributed by atoms with Gasteiger partial charge in [-0.05, 0) is 36.6 Å². The molecule has 0 bridgehead atoms. The maximum absolute atomic E-state index is 13.0. The van der Waals surface area contributed by atoms with E-state index in [-0.39, 0.29) is 18.2 Å². The van der Waals surface area contributed by atoms with Gasteiger partial charge in [0.2, 0.25) is 23.2 Å². The van der Waals surface area contributed by atoms with Crippen LogP contribution in [0.3, 0.4) is 0 Å². The fourth-order valence-electron chi connectivity index (χ4n) is 3.20. The lowest BCUT2D eigenvalue weighted by Gasteiger charge is -2.30. The van der Waals surface area contributed by atoms with Gasteiger partial charge in [-0.15, -0.1) is 10.2 Å². The second-order valence-electron chi connectivity index (χ2n) is 6.44. The topological polar surface area (TPSA) is 92.0 Å². The summed E-state index contributed by atoms with van der Waals surface area (Å²) in [5.74, 6) is 0.123. The first-order valence-electron chi connectivity index (χ1n) is 9.13. The van der Waals surface area contributed by atoms with Crippen molar-refractivity contribution >= 4 is 35.0 Å². The van der Waals surface area contributed by atoms with E-state index in [1.165, 1.54) is 11.8 Å². The van der Waals surface area contributed by atoms with Gasteiger partial charge >= 0.3 is 0 Å². The largest absolute Gasteiger partial charge is 0.447 e. The molecule has 0 aliphatic carbocycles. The third-order valence-electron chi connectivity index (χ3n) is 4.64. The van der Waals surface area contributed by atoms with E-state index in [1.54, 1.807) is 54.3 Å². The van der Waals surface area contributed by atoms with Gasteiger partial charge in [0.1, 0.15) is 0 Å². The summed E-state index contributed by atoms with van der Waals surface area (Å²) in [5, 5.41) is 18.5. The van der Waals surface area contributed by atoms with Crippen LogP contribution < -0.4 is 9.64 Å². The lowest BCUT2D eigenvalue weighted by molar-refractivity contribution is -0.120. The molecular weight excluding hydrogens is 422 g/mol. The molecule has 9 heteroatoms. The smallest absolute Gasteiger partial charge is 0.247 e. The predicted molar refractivity (Wildman–Crippen MR) is 114 cm³/mol. The van der Waals surface area contributed by atoms with Crippen molar-refractivity contribution in [2.75, 3.05) is 11.2 Å². The van der Waals surface area contributed by atoms with Crippen LogP contribution in [0.1, 0.15) is 30.7 Å². The number of fused-ring (bicyclic) bond motifs is 3. The second-order valence-corrected chi connectivity index (χ2v) is 7.64. The molecule has 1 aliphatic rings. The van der Waals surface area contributed by atoms with Crippen LogP contribution in [0.5, 0.6) is 5.88 Å². The third-order valence-corrected chi connectivity index (χ3v) is 5.42. The van der Waals surface area contributed by atoms with Gasteiger partial charge in [0.25, 0.3) is 0 Å². The highest BCUT2D eigenvalue weighted by atomic mass is 35.5. The molecule has 1 amide bonds. The molecule has 7 nitrogen and oxygen atoms in total. The van der Waals surface area contributed by atoms with Crippen molar-refractivity contribution in [3.05, 3.63) is 58.6 Å². The Hall–Kier alpha value is -3.15. The number of thioether (sulfide) groups is 1. The van der Waals surface area contributed by atoms with Crippen molar-refractivity contribution in [1.29, 1.82) is 5.26 Å². The van der Waals surface area contributed by atoms with Gasteiger partial charge in [0.05, 0.1) is 17.3 Å². The summed E-state index contributed by atoms with van der Waals surface area (Å²) in [6, 6.07) is 14.2. The molecule has 0 unspecified atom stereocenters. The van der Waals surface area contributed by atoms with Crippen LogP contribution in [-0.2, 0) is 4.79 Å². The van der Waals surface area contributed by atoms with Crippen LogP contribution >= 0.6 is 23.4 Å². The van der Waals surface area contributed by atoms with Crippen LogP contribution in [0.25, 0.3) is 11.3 Å². The summed E-state index contributed by atoms with van der Waals surface area (Å²) in [6.07, 6.45) is 1.32. The highest BCUT2D eigenvalue weighted by molar-refractivity contribution is 7.98. The van der Waals surface area contributed by atoms with E-state index in [9.17, 15) is 4.79 Å². The average Bonchev–Trinajstić information content (AvgIpc) is 2.92. The number of hydrogen-bond acceptors (Lipinski definition) is 7. The first-order valence-corrected chi connectivity index (χ1v) is 10.7.